The number of rotatable bonds is 3. The first kappa shape index (κ1) is 14.2. The molecule has 6 heteroatoms. The molecule has 1 fully saturated rings. The molecule has 0 radical (unpaired) electrons. The lowest BCUT2D eigenvalue weighted by Gasteiger charge is -2.37. The SMILES string of the molecule is C[C@H]1OCCN(Cc2ccc(F)c(Cl)c2)[C@@H]1C(N)=O. The fraction of sp³-hybridized carbons (Fsp3) is 0.462. The van der Waals surface area contributed by atoms with Crippen LogP contribution in [-0.4, -0.2) is 36.1 Å². The summed E-state index contributed by atoms with van der Waals surface area (Å²) < 4.78 is 18.5. The van der Waals surface area contributed by atoms with Gasteiger partial charge in [0.2, 0.25) is 5.91 Å². The number of hydrogen-bond donors (Lipinski definition) is 1. The van der Waals surface area contributed by atoms with Gasteiger partial charge in [-0.3, -0.25) is 9.69 Å². The Morgan fingerprint density at radius 2 is 2.37 bits per heavy atom. The second kappa shape index (κ2) is 5.86. The summed E-state index contributed by atoms with van der Waals surface area (Å²) in [5, 5.41) is 0.0782. The summed E-state index contributed by atoms with van der Waals surface area (Å²) in [5.41, 5.74) is 6.25. The van der Waals surface area contributed by atoms with Gasteiger partial charge in [0.25, 0.3) is 0 Å². The van der Waals surface area contributed by atoms with Gasteiger partial charge in [-0.2, -0.15) is 0 Å². The smallest absolute Gasteiger partial charge is 0.237 e. The van der Waals surface area contributed by atoms with E-state index in [4.69, 9.17) is 22.1 Å². The molecule has 0 saturated carbocycles. The summed E-state index contributed by atoms with van der Waals surface area (Å²) in [6.45, 7) is 3.45. The number of halogens is 2. The quantitative estimate of drug-likeness (QED) is 0.917. The van der Waals surface area contributed by atoms with Crippen molar-refractivity contribution >= 4 is 17.5 Å². The summed E-state index contributed by atoms with van der Waals surface area (Å²) in [7, 11) is 0. The Bertz CT molecular complexity index is 484. The molecule has 0 aromatic heterocycles. The Morgan fingerprint density at radius 3 is 3.00 bits per heavy atom. The minimum absolute atomic E-state index is 0.0782. The Morgan fingerprint density at radius 1 is 1.63 bits per heavy atom. The van der Waals surface area contributed by atoms with E-state index in [9.17, 15) is 9.18 Å². The number of ether oxygens (including phenoxy) is 1. The zero-order chi connectivity index (χ0) is 14.0. The predicted molar refractivity (Wildman–Crippen MR) is 70.2 cm³/mol. The molecule has 4 nitrogen and oxygen atoms in total. The average molecular weight is 287 g/mol. The van der Waals surface area contributed by atoms with Gasteiger partial charge < -0.3 is 10.5 Å². The van der Waals surface area contributed by atoms with Crippen LogP contribution in [0, 0.1) is 5.82 Å². The van der Waals surface area contributed by atoms with Crippen LogP contribution in [0.3, 0.4) is 0 Å². The average Bonchev–Trinajstić information content (AvgIpc) is 2.33. The molecule has 1 amide bonds. The monoisotopic (exact) mass is 286 g/mol. The van der Waals surface area contributed by atoms with Crippen LogP contribution < -0.4 is 5.73 Å². The lowest BCUT2D eigenvalue weighted by molar-refractivity contribution is -0.136. The van der Waals surface area contributed by atoms with E-state index < -0.39 is 17.8 Å². The molecule has 1 aliphatic rings. The number of nitrogens with two attached hydrogens (primary N) is 1. The number of benzene rings is 1. The number of carbonyl (C=O) groups excluding carboxylic acids is 1. The maximum Gasteiger partial charge on any atom is 0.237 e. The first-order valence-electron chi connectivity index (χ1n) is 6.08. The summed E-state index contributed by atoms with van der Waals surface area (Å²) in [6, 6.07) is 4.06. The number of primary amides is 1. The van der Waals surface area contributed by atoms with Gasteiger partial charge in [0, 0.05) is 13.1 Å². The molecule has 2 N–H and O–H groups in total. The van der Waals surface area contributed by atoms with Gasteiger partial charge in [-0.25, -0.2) is 4.39 Å². The third-order valence-electron chi connectivity index (χ3n) is 3.26. The topological polar surface area (TPSA) is 55.6 Å². The van der Waals surface area contributed by atoms with Gasteiger partial charge >= 0.3 is 0 Å². The van der Waals surface area contributed by atoms with Crippen LogP contribution in [0.15, 0.2) is 18.2 Å². The Kier molecular flexibility index (Phi) is 4.39. The first-order chi connectivity index (χ1) is 8.99. The van der Waals surface area contributed by atoms with Crippen LogP contribution >= 0.6 is 11.6 Å². The normalized spacial score (nSPS) is 24.4. The van der Waals surface area contributed by atoms with Crippen molar-refractivity contribution < 1.29 is 13.9 Å². The zero-order valence-corrected chi connectivity index (χ0v) is 11.4. The molecule has 0 bridgehead atoms. The maximum absolute atomic E-state index is 13.1. The lowest BCUT2D eigenvalue weighted by atomic mass is 10.1. The minimum atomic E-state index is -0.474. The standard InChI is InChI=1S/C13H16ClFN2O2/c1-8-12(13(16)18)17(4-5-19-8)7-9-2-3-11(15)10(14)6-9/h2-3,6,8,12H,4-5,7H2,1H3,(H2,16,18)/t8-,12+/m1/s1. The molecular weight excluding hydrogens is 271 g/mol. The summed E-state index contributed by atoms with van der Waals surface area (Å²) in [5.74, 6) is -0.868. The van der Waals surface area contributed by atoms with Crippen molar-refractivity contribution in [3.05, 3.63) is 34.6 Å². The van der Waals surface area contributed by atoms with Crippen molar-refractivity contribution in [1.82, 2.24) is 4.90 Å². The van der Waals surface area contributed by atoms with Crippen LogP contribution in [0.2, 0.25) is 5.02 Å². The van der Waals surface area contributed by atoms with Gasteiger partial charge in [-0.15, -0.1) is 0 Å². The molecule has 1 aromatic carbocycles. The van der Waals surface area contributed by atoms with Crippen LogP contribution in [0.1, 0.15) is 12.5 Å². The second-order valence-corrected chi connectivity index (χ2v) is 5.05. The van der Waals surface area contributed by atoms with E-state index in [1.807, 2.05) is 11.8 Å². The molecule has 1 saturated heterocycles. The highest BCUT2D eigenvalue weighted by Gasteiger charge is 2.33. The van der Waals surface area contributed by atoms with Gasteiger partial charge in [0.05, 0.1) is 17.7 Å². The molecule has 0 spiro atoms. The van der Waals surface area contributed by atoms with E-state index in [1.54, 1.807) is 12.1 Å². The summed E-state index contributed by atoms with van der Waals surface area (Å²) >= 11 is 5.75. The van der Waals surface area contributed by atoms with Gasteiger partial charge in [0.15, 0.2) is 0 Å². The molecule has 2 rings (SSSR count). The molecule has 1 heterocycles. The fourth-order valence-corrected chi connectivity index (χ4v) is 2.55. The Labute approximate surface area is 116 Å². The van der Waals surface area contributed by atoms with Crippen molar-refractivity contribution in [2.75, 3.05) is 13.2 Å². The van der Waals surface area contributed by atoms with Crippen LogP contribution in [0.4, 0.5) is 4.39 Å². The fourth-order valence-electron chi connectivity index (χ4n) is 2.34. The Balaban J connectivity index is 2.15. The maximum atomic E-state index is 13.1. The highest BCUT2D eigenvalue weighted by atomic mass is 35.5. The van der Waals surface area contributed by atoms with E-state index >= 15 is 0 Å². The minimum Gasteiger partial charge on any atom is -0.375 e. The molecule has 104 valence electrons. The molecule has 19 heavy (non-hydrogen) atoms. The lowest BCUT2D eigenvalue weighted by Crippen LogP contribution is -2.56. The largest absolute Gasteiger partial charge is 0.375 e. The van der Waals surface area contributed by atoms with Crippen molar-refractivity contribution in [2.24, 2.45) is 5.73 Å². The van der Waals surface area contributed by atoms with E-state index in [-0.39, 0.29) is 11.1 Å². The predicted octanol–water partition coefficient (Wildman–Crippen LogP) is 1.55. The third kappa shape index (κ3) is 3.23. The van der Waals surface area contributed by atoms with Crippen LogP contribution in [0.25, 0.3) is 0 Å². The van der Waals surface area contributed by atoms with E-state index in [1.165, 1.54) is 6.07 Å². The van der Waals surface area contributed by atoms with E-state index in [0.29, 0.717) is 19.7 Å². The molecule has 2 atom stereocenters. The number of carbonyl (C=O) groups is 1. The van der Waals surface area contributed by atoms with Gasteiger partial charge in [-0.1, -0.05) is 17.7 Å². The Hall–Kier alpha value is -1.17. The number of amides is 1. The molecule has 0 aliphatic carbocycles. The molecule has 1 aromatic rings. The van der Waals surface area contributed by atoms with Crippen molar-refractivity contribution in [1.29, 1.82) is 0 Å². The van der Waals surface area contributed by atoms with E-state index in [2.05, 4.69) is 0 Å². The van der Waals surface area contributed by atoms with Crippen molar-refractivity contribution in [2.45, 2.75) is 25.6 Å². The molecular formula is C13H16ClFN2O2. The summed E-state index contributed by atoms with van der Waals surface area (Å²) in [6.07, 6.45) is -0.248. The highest BCUT2D eigenvalue weighted by molar-refractivity contribution is 6.30. The first-order valence-corrected chi connectivity index (χ1v) is 6.45. The van der Waals surface area contributed by atoms with E-state index in [0.717, 1.165) is 5.56 Å². The summed E-state index contributed by atoms with van der Waals surface area (Å²) in [4.78, 5) is 13.4. The van der Waals surface area contributed by atoms with Gasteiger partial charge in [0.1, 0.15) is 11.9 Å². The number of hydrogen-bond acceptors (Lipinski definition) is 3. The third-order valence-corrected chi connectivity index (χ3v) is 3.55. The number of morpholine rings is 1. The van der Waals surface area contributed by atoms with Crippen molar-refractivity contribution in [3.8, 4) is 0 Å². The van der Waals surface area contributed by atoms with Crippen LogP contribution in [0.5, 0.6) is 0 Å². The van der Waals surface area contributed by atoms with Gasteiger partial charge in [-0.05, 0) is 24.6 Å². The highest BCUT2D eigenvalue weighted by Crippen LogP contribution is 2.20. The van der Waals surface area contributed by atoms with Crippen molar-refractivity contribution in [3.63, 3.8) is 0 Å². The molecule has 1 aliphatic heterocycles. The number of nitrogens with zero attached hydrogens (tertiary/aromatic N) is 1. The molecule has 0 unspecified atom stereocenters. The van der Waals surface area contributed by atoms with Crippen LogP contribution in [-0.2, 0) is 16.1 Å². The zero-order valence-electron chi connectivity index (χ0n) is 10.6. The second-order valence-electron chi connectivity index (χ2n) is 4.64.